The molecule has 0 aliphatic heterocycles. The lowest BCUT2D eigenvalue weighted by molar-refractivity contribution is -0.123. The van der Waals surface area contributed by atoms with Crippen LogP contribution in [0.1, 0.15) is 17.3 Å². The van der Waals surface area contributed by atoms with Gasteiger partial charge < -0.3 is 10.1 Å². The van der Waals surface area contributed by atoms with E-state index in [1.807, 2.05) is 12.1 Å². The maximum atomic E-state index is 12.6. The summed E-state index contributed by atoms with van der Waals surface area (Å²) in [5.41, 5.74) is 1.47. The van der Waals surface area contributed by atoms with Crippen LogP contribution >= 0.6 is 22.9 Å². The molecule has 0 fully saturated rings. The molecule has 1 aromatic carbocycles. The molecule has 0 bridgehead atoms. The van der Waals surface area contributed by atoms with Gasteiger partial charge in [0.1, 0.15) is 0 Å². The Kier molecular flexibility index (Phi) is 6.23. The Hall–Kier alpha value is -2.97. The number of fused-ring (bicyclic) bond motifs is 1. The van der Waals surface area contributed by atoms with Gasteiger partial charge in [0, 0.05) is 11.9 Å². The summed E-state index contributed by atoms with van der Waals surface area (Å²) >= 11 is 7.34. The standard InChI is InChI=1S/C19H16ClN3O4S/c1-2-21-19(26)23-17(24)10-27-18(25)12-9-14(15-7-8-16(20)28-15)22-13-6-4-3-5-11(12)13/h3-9H,2,10H2,1H3,(H2,21,23,24,26). The smallest absolute Gasteiger partial charge is 0.339 e. The number of thiophene rings is 1. The molecule has 2 N–H and O–H groups in total. The van der Waals surface area contributed by atoms with Gasteiger partial charge in [-0.1, -0.05) is 29.8 Å². The van der Waals surface area contributed by atoms with Crippen molar-refractivity contribution < 1.29 is 19.1 Å². The molecule has 3 aromatic rings. The molecular weight excluding hydrogens is 402 g/mol. The minimum atomic E-state index is -0.720. The second-order valence-electron chi connectivity index (χ2n) is 5.66. The van der Waals surface area contributed by atoms with Gasteiger partial charge in [-0.2, -0.15) is 0 Å². The highest BCUT2D eigenvalue weighted by Crippen LogP contribution is 2.32. The number of para-hydroxylation sites is 1. The van der Waals surface area contributed by atoms with Gasteiger partial charge in [0.25, 0.3) is 5.91 Å². The van der Waals surface area contributed by atoms with Gasteiger partial charge in [-0.25, -0.2) is 14.6 Å². The molecule has 144 valence electrons. The fourth-order valence-electron chi connectivity index (χ4n) is 2.50. The summed E-state index contributed by atoms with van der Waals surface area (Å²) in [7, 11) is 0. The first kappa shape index (κ1) is 19.8. The van der Waals surface area contributed by atoms with Crippen molar-refractivity contribution in [3.8, 4) is 10.6 Å². The van der Waals surface area contributed by atoms with Gasteiger partial charge in [0.2, 0.25) is 0 Å². The minimum absolute atomic E-state index is 0.274. The highest BCUT2D eigenvalue weighted by molar-refractivity contribution is 7.19. The molecular formula is C19H16ClN3O4S. The van der Waals surface area contributed by atoms with Gasteiger partial charge in [0.05, 0.1) is 26.0 Å². The molecule has 0 aliphatic carbocycles. The third-order valence-corrected chi connectivity index (χ3v) is 4.94. The molecule has 2 heterocycles. The second-order valence-corrected chi connectivity index (χ2v) is 7.37. The molecule has 2 aromatic heterocycles. The normalized spacial score (nSPS) is 10.5. The van der Waals surface area contributed by atoms with Crippen molar-refractivity contribution in [3.05, 3.63) is 52.4 Å². The van der Waals surface area contributed by atoms with Crippen LogP contribution in [0.5, 0.6) is 0 Å². The predicted octanol–water partition coefficient (Wildman–Crippen LogP) is 3.62. The second kappa shape index (κ2) is 8.81. The van der Waals surface area contributed by atoms with Gasteiger partial charge in [0.15, 0.2) is 6.61 Å². The molecule has 3 rings (SSSR count). The number of nitrogens with zero attached hydrogens (tertiary/aromatic N) is 1. The summed E-state index contributed by atoms with van der Waals surface area (Å²) in [6.07, 6.45) is 0. The highest BCUT2D eigenvalue weighted by atomic mass is 35.5. The maximum absolute atomic E-state index is 12.6. The molecule has 0 radical (unpaired) electrons. The summed E-state index contributed by atoms with van der Waals surface area (Å²) in [4.78, 5) is 41.1. The van der Waals surface area contributed by atoms with Crippen LogP contribution in [-0.4, -0.2) is 36.0 Å². The van der Waals surface area contributed by atoms with Crippen molar-refractivity contribution in [1.82, 2.24) is 15.6 Å². The molecule has 28 heavy (non-hydrogen) atoms. The number of amides is 3. The Morgan fingerprint density at radius 2 is 1.96 bits per heavy atom. The molecule has 7 nitrogen and oxygen atoms in total. The van der Waals surface area contributed by atoms with E-state index >= 15 is 0 Å². The van der Waals surface area contributed by atoms with E-state index in [4.69, 9.17) is 16.3 Å². The minimum Gasteiger partial charge on any atom is -0.452 e. The monoisotopic (exact) mass is 417 g/mol. The van der Waals surface area contributed by atoms with Crippen molar-refractivity contribution in [3.63, 3.8) is 0 Å². The number of benzene rings is 1. The van der Waals surface area contributed by atoms with Crippen LogP contribution in [0.15, 0.2) is 42.5 Å². The zero-order valence-corrected chi connectivity index (χ0v) is 16.4. The summed E-state index contributed by atoms with van der Waals surface area (Å²) in [5.74, 6) is -1.41. The van der Waals surface area contributed by atoms with E-state index in [0.29, 0.717) is 27.5 Å². The SMILES string of the molecule is CCNC(=O)NC(=O)COC(=O)c1cc(-c2ccc(Cl)s2)nc2ccccc12. The number of aromatic nitrogens is 1. The average Bonchev–Trinajstić information content (AvgIpc) is 3.11. The Morgan fingerprint density at radius 1 is 1.18 bits per heavy atom. The first-order valence-corrected chi connectivity index (χ1v) is 9.57. The Morgan fingerprint density at radius 3 is 2.68 bits per heavy atom. The summed E-state index contributed by atoms with van der Waals surface area (Å²) in [5, 5.41) is 5.09. The van der Waals surface area contributed by atoms with Gasteiger partial charge >= 0.3 is 12.0 Å². The van der Waals surface area contributed by atoms with Crippen molar-refractivity contribution in [2.45, 2.75) is 6.92 Å². The van der Waals surface area contributed by atoms with Crippen LogP contribution in [0.25, 0.3) is 21.5 Å². The van der Waals surface area contributed by atoms with E-state index in [0.717, 1.165) is 4.88 Å². The lowest BCUT2D eigenvalue weighted by Gasteiger charge is -2.09. The zero-order valence-electron chi connectivity index (χ0n) is 14.8. The predicted molar refractivity (Wildman–Crippen MR) is 108 cm³/mol. The quantitative estimate of drug-likeness (QED) is 0.618. The molecule has 0 unspecified atom stereocenters. The van der Waals surface area contributed by atoms with Crippen LogP contribution < -0.4 is 10.6 Å². The average molecular weight is 418 g/mol. The van der Waals surface area contributed by atoms with Crippen molar-refractivity contribution in [2.24, 2.45) is 0 Å². The van der Waals surface area contributed by atoms with Gasteiger partial charge in [-0.05, 0) is 31.2 Å². The number of esters is 1. The summed E-state index contributed by atoms with van der Waals surface area (Å²) < 4.78 is 5.70. The number of carbonyl (C=O) groups is 3. The fraction of sp³-hybridized carbons (Fsp3) is 0.158. The lowest BCUT2D eigenvalue weighted by atomic mass is 10.1. The van der Waals surface area contributed by atoms with E-state index in [1.165, 1.54) is 11.3 Å². The van der Waals surface area contributed by atoms with Crippen molar-refractivity contribution in [1.29, 1.82) is 0 Å². The number of hydrogen-bond acceptors (Lipinski definition) is 6. The van der Waals surface area contributed by atoms with E-state index < -0.39 is 24.5 Å². The number of pyridine rings is 1. The number of halogens is 1. The van der Waals surface area contributed by atoms with Crippen molar-refractivity contribution in [2.75, 3.05) is 13.2 Å². The molecule has 3 amide bonds. The third kappa shape index (κ3) is 4.65. The maximum Gasteiger partial charge on any atom is 0.339 e. The fourth-order valence-corrected chi connectivity index (χ4v) is 3.50. The van der Waals surface area contributed by atoms with E-state index in [9.17, 15) is 14.4 Å². The lowest BCUT2D eigenvalue weighted by Crippen LogP contribution is -2.41. The topological polar surface area (TPSA) is 97.4 Å². The van der Waals surface area contributed by atoms with Gasteiger partial charge in [-0.3, -0.25) is 10.1 Å². The van der Waals surface area contributed by atoms with Crippen LogP contribution in [0, 0.1) is 0 Å². The largest absolute Gasteiger partial charge is 0.452 e. The number of imide groups is 1. The summed E-state index contributed by atoms with van der Waals surface area (Å²) in [6.45, 7) is 1.52. The first-order chi connectivity index (χ1) is 13.5. The number of nitrogens with one attached hydrogen (secondary N) is 2. The van der Waals surface area contributed by atoms with Gasteiger partial charge in [-0.15, -0.1) is 11.3 Å². The van der Waals surface area contributed by atoms with Crippen LogP contribution in [0.2, 0.25) is 4.34 Å². The molecule has 0 saturated carbocycles. The van der Waals surface area contributed by atoms with Crippen LogP contribution in [0.3, 0.4) is 0 Å². The number of rotatable bonds is 5. The molecule has 9 heteroatoms. The van der Waals surface area contributed by atoms with E-state index in [2.05, 4.69) is 15.6 Å². The molecule has 0 spiro atoms. The molecule has 0 atom stereocenters. The zero-order chi connectivity index (χ0) is 20.1. The molecule has 0 aliphatic rings. The van der Waals surface area contributed by atoms with Crippen molar-refractivity contribution >= 4 is 51.7 Å². The molecule has 0 saturated heterocycles. The van der Waals surface area contributed by atoms with E-state index in [-0.39, 0.29) is 5.56 Å². The number of ether oxygens (including phenoxy) is 1. The van der Waals surface area contributed by atoms with Crippen LogP contribution in [0.4, 0.5) is 4.79 Å². The Bertz CT molecular complexity index is 1050. The number of carbonyl (C=O) groups excluding carboxylic acids is 3. The van der Waals surface area contributed by atoms with Crippen LogP contribution in [-0.2, 0) is 9.53 Å². The third-order valence-electron chi connectivity index (χ3n) is 3.69. The van der Waals surface area contributed by atoms with E-state index in [1.54, 1.807) is 37.3 Å². The number of urea groups is 1. The Labute approximate surface area is 169 Å². The first-order valence-electron chi connectivity index (χ1n) is 8.38. The Balaban J connectivity index is 1.83. The highest BCUT2D eigenvalue weighted by Gasteiger charge is 2.17. The summed E-state index contributed by atoms with van der Waals surface area (Å²) in [6, 6.07) is 11.7. The number of hydrogen-bond donors (Lipinski definition) is 2.